The third kappa shape index (κ3) is 5.91. The zero-order valence-corrected chi connectivity index (χ0v) is 17.4. The molecule has 1 aromatic carbocycles. The molecular weight excluding hydrogens is 386 g/mol. The molecule has 1 aliphatic heterocycles. The summed E-state index contributed by atoms with van der Waals surface area (Å²) in [5.41, 5.74) is 1.05. The first kappa shape index (κ1) is 22.1. The van der Waals surface area contributed by atoms with Gasteiger partial charge < -0.3 is 10.6 Å². The predicted molar refractivity (Wildman–Crippen MR) is 109 cm³/mol. The molecule has 1 saturated carbocycles. The van der Waals surface area contributed by atoms with Crippen LogP contribution in [0.4, 0.5) is 0 Å². The van der Waals surface area contributed by atoms with E-state index in [1.54, 1.807) is 19.1 Å². The van der Waals surface area contributed by atoms with Crippen LogP contribution in [0.25, 0.3) is 0 Å². The Labute approximate surface area is 168 Å². The fourth-order valence-corrected chi connectivity index (χ4v) is 5.37. The van der Waals surface area contributed by atoms with Crippen LogP contribution in [0.15, 0.2) is 23.1 Å². The van der Waals surface area contributed by atoms with E-state index in [0.717, 1.165) is 51.6 Å². The number of carbonyl (C=O) groups is 1. The van der Waals surface area contributed by atoms with Crippen LogP contribution < -0.4 is 15.4 Å². The molecule has 1 amide bonds. The van der Waals surface area contributed by atoms with E-state index in [2.05, 4.69) is 15.4 Å². The summed E-state index contributed by atoms with van der Waals surface area (Å²) in [7, 11) is -3.61. The number of rotatable bonds is 6. The van der Waals surface area contributed by atoms with Crippen molar-refractivity contribution >= 4 is 28.3 Å². The van der Waals surface area contributed by atoms with Gasteiger partial charge in [-0.05, 0) is 69.3 Å². The second kappa shape index (κ2) is 9.87. The monoisotopic (exact) mass is 415 g/mol. The van der Waals surface area contributed by atoms with Crippen LogP contribution in [0.1, 0.15) is 54.4 Å². The van der Waals surface area contributed by atoms with Crippen LogP contribution >= 0.6 is 12.4 Å². The summed E-state index contributed by atoms with van der Waals surface area (Å²) in [5, 5.41) is 6.28. The molecule has 0 aromatic heterocycles. The van der Waals surface area contributed by atoms with Crippen molar-refractivity contribution in [1.82, 2.24) is 15.4 Å². The Hall–Kier alpha value is -1.15. The highest BCUT2D eigenvalue weighted by Gasteiger charge is 2.25. The third-order valence-corrected chi connectivity index (χ3v) is 7.03. The highest BCUT2D eigenvalue weighted by atomic mass is 35.5. The molecule has 3 rings (SSSR count). The van der Waals surface area contributed by atoms with Gasteiger partial charge in [-0.1, -0.05) is 18.9 Å². The number of hydrogen-bond donors (Lipinski definition) is 3. The molecule has 1 aliphatic carbocycles. The maximum Gasteiger partial charge on any atom is 0.251 e. The van der Waals surface area contributed by atoms with Gasteiger partial charge in [-0.15, -0.1) is 12.4 Å². The van der Waals surface area contributed by atoms with E-state index in [-0.39, 0.29) is 29.3 Å². The molecule has 1 aromatic rings. The minimum absolute atomic E-state index is 0. The second-order valence-electron chi connectivity index (χ2n) is 7.51. The zero-order valence-electron chi connectivity index (χ0n) is 15.8. The number of carbonyl (C=O) groups excluding carboxylic acids is 1. The van der Waals surface area contributed by atoms with Gasteiger partial charge in [-0.25, -0.2) is 13.1 Å². The van der Waals surface area contributed by atoms with Crippen LogP contribution in [0.5, 0.6) is 0 Å². The summed E-state index contributed by atoms with van der Waals surface area (Å²) in [6.45, 7) is 4.33. The zero-order chi connectivity index (χ0) is 18.6. The highest BCUT2D eigenvalue weighted by molar-refractivity contribution is 7.89. The first-order valence-electron chi connectivity index (χ1n) is 9.57. The topological polar surface area (TPSA) is 87.3 Å². The van der Waals surface area contributed by atoms with Crippen LogP contribution in [-0.2, 0) is 10.0 Å². The smallest absolute Gasteiger partial charge is 0.251 e. The maximum atomic E-state index is 12.7. The first-order chi connectivity index (χ1) is 12.5. The minimum atomic E-state index is -3.61. The number of nitrogens with one attached hydrogen (secondary N) is 3. The van der Waals surface area contributed by atoms with Gasteiger partial charge in [0, 0.05) is 18.2 Å². The molecule has 152 valence electrons. The minimum Gasteiger partial charge on any atom is -0.352 e. The molecule has 0 radical (unpaired) electrons. The predicted octanol–water partition coefficient (Wildman–Crippen LogP) is 2.37. The normalized spacial score (nSPS) is 20.9. The summed E-state index contributed by atoms with van der Waals surface area (Å²) in [5.74, 6) is 0.221. The molecule has 3 N–H and O–H groups in total. The maximum absolute atomic E-state index is 12.7. The number of benzene rings is 1. The summed E-state index contributed by atoms with van der Waals surface area (Å²) in [4.78, 5) is 12.7. The van der Waals surface area contributed by atoms with E-state index in [1.807, 2.05) is 0 Å². The lowest BCUT2D eigenvalue weighted by molar-refractivity contribution is 0.0944. The molecule has 1 atom stereocenters. The highest BCUT2D eigenvalue weighted by Crippen LogP contribution is 2.22. The molecule has 6 nitrogen and oxygen atoms in total. The van der Waals surface area contributed by atoms with Crippen molar-refractivity contribution in [1.29, 1.82) is 0 Å². The van der Waals surface area contributed by atoms with Crippen molar-refractivity contribution in [2.24, 2.45) is 5.92 Å². The molecule has 8 heteroatoms. The number of amides is 1. The number of aryl methyl sites for hydroxylation is 1. The Morgan fingerprint density at radius 2 is 1.93 bits per heavy atom. The van der Waals surface area contributed by atoms with Crippen molar-refractivity contribution in [3.05, 3.63) is 29.3 Å². The van der Waals surface area contributed by atoms with E-state index in [0.29, 0.717) is 23.6 Å². The first-order valence-corrected chi connectivity index (χ1v) is 11.1. The lowest BCUT2D eigenvalue weighted by Gasteiger charge is -2.23. The van der Waals surface area contributed by atoms with Crippen LogP contribution in [-0.4, -0.2) is 40.0 Å². The Kier molecular flexibility index (Phi) is 8.09. The quantitative estimate of drug-likeness (QED) is 0.665. The van der Waals surface area contributed by atoms with Crippen molar-refractivity contribution in [3.63, 3.8) is 0 Å². The largest absolute Gasteiger partial charge is 0.352 e. The Balaban J connectivity index is 0.00000261. The van der Waals surface area contributed by atoms with Crippen molar-refractivity contribution < 1.29 is 13.2 Å². The molecule has 1 unspecified atom stereocenters. The van der Waals surface area contributed by atoms with Crippen LogP contribution in [0.3, 0.4) is 0 Å². The van der Waals surface area contributed by atoms with Gasteiger partial charge in [0.15, 0.2) is 0 Å². The SMILES string of the molecule is Cc1ccc(C(=O)NCC2CCCNC2)cc1S(=O)(=O)NC1CCCC1.Cl. The molecular formula is C19H30ClN3O3S. The van der Waals surface area contributed by atoms with Crippen molar-refractivity contribution in [3.8, 4) is 0 Å². The Morgan fingerprint density at radius 1 is 1.19 bits per heavy atom. The fraction of sp³-hybridized carbons (Fsp3) is 0.632. The van der Waals surface area contributed by atoms with Gasteiger partial charge in [0.2, 0.25) is 10.0 Å². The van der Waals surface area contributed by atoms with E-state index in [4.69, 9.17) is 0 Å². The van der Waals surface area contributed by atoms with E-state index >= 15 is 0 Å². The van der Waals surface area contributed by atoms with Gasteiger partial charge >= 0.3 is 0 Å². The third-order valence-electron chi connectivity index (χ3n) is 5.37. The lowest BCUT2D eigenvalue weighted by Crippen LogP contribution is -2.38. The molecule has 1 heterocycles. The fourth-order valence-electron chi connectivity index (χ4n) is 3.79. The molecule has 0 spiro atoms. The Bertz CT molecular complexity index is 743. The van der Waals surface area contributed by atoms with Crippen LogP contribution in [0.2, 0.25) is 0 Å². The standard InChI is InChI=1S/C19H29N3O3S.ClH/c1-14-8-9-16(19(23)21-13-15-5-4-10-20-12-15)11-18(14)26(24,25)22-17-6-2-3-7-17;/h8-9,11,15,17,20,22H,2-7,10,12-13H2,1H3,(H,21,23);1H. The van der Waals surface area contributed by atoms with Crippen molar-refractivity contribution in [2.45, 2.75) is 56.4 Å². The summed E-state index contributed by atoms with van der Waals surface area (Å²) in [6, 6.07) is 4.91. The van der Waals surface area contributed by atoms with Gasteiger partial charge in [-0.2, -0.15) is 0 Å². The molecule has 0 bridgehead atoms. The average molecular weight is 416 g/mol. The number of halogens is 1. The van der Waals surface area contributed by atoms with Gasteiger partial charge in [0.25, 0.3) is 5.91 Å². The molecule has 2 fully saturated rings. The van der Waals surface area contributed by atoms with Crippen LogP contribution in [0, 0.1) is 12.8 Å². The molecule has 27 heavy (non-hydrogen) atoms. The number of piperidine rings is 1. The number of sulfonamides is 1. The molecule has 2 aliphatic rings. The summed E-state index contributed by atoms with van der Waals surface area (Å²) in [6.07, 6.45) is 6.11. The average Bonchev–Trinajstić information content (AvgIpc) is 3.13. The Morgan fingerprint density at radius 3 is 2.59 bits per heavy atom. The van der Waals surface area contributed by atoms with E-state index in [1.165, 1.54) is 6.07 Å². The molecule has 1 saturated heterocycles. The van der Waals surface area contributed by atoms with E-state index < -0.39 is 10.0 Å². The summed E-state index contributed by atoms with van der Waals surface area (Å²) < 4.78 is 28.3. The number of hydrogen-bond acceptors (Lipinski definition) is 4. The van der Waals surface area contributed by atoms with Crippen molar-refractivity contribution in [2.75, 3.05) is 19.6 Å². The van der Waals surface area contributed by atoms with Gasteiger partial charge in [0.05, 0.1) is 4.90 Å². The van der Waals surface area contributed by atoms with Gasteiger partial charge in [-0.3, -0.25) is 4.79 Å². The van der Waals surface area contributed by atoms with E-state index in [9.17, 15) is 13.2 Å². The van der Waals surface area contributed by atoms with Gasteiger partial charge in [0.1, 0.15) is 0 Å². The lowest BCUT2D eigenvalue weighted by atomic mass is 9.99. The second-order valence-corrected chi connectivity index (χ2v) is 9.19. The summed E-state index contributed by atoms with van der Waals surface area (Å²) >= 11 is 0.